The molecule has 90 valence electrons. The average Bonchev–Trinajstić information content (AvgIpc) is 2.19. The molecule has 16 heavy (non-hydrogen) atoms. The molecule has 7 heteroatoms. The molecule has 1 rings (SSSR count). The highest BCUT2D eigenvalue weighted by Gasteiger charge is 2.15. The smallest absolute Gasteiger partial charge is 0.232 e. The lowest BCUT2D eigenvalue weighted by Gasteiger charge is -2.09. The maximum Gasteiger partial charge on any atom is 0.232 e. The molecule has 0 saturated carbocycles. The summed E-state index contributed by atoms with van der Waals surface area (Å²) in [5.41, 5.74) is 0.299. The summed E-state index contributed by atoms with van der Waals surface area (Å²) in [5, 5.41) is -0.139. The summed E-state index contributed by atoms with van der Waals surface area (Å²) in [5.74, 6) is -0.607. The van der Waals surface area contributed by atoms with Gasteiger partial charge in [0.05, 0.1) is 17.9 Å². The normalized spacial score (nSPS) is 11.5. The van der Waals surface area contributed by atoms with Crippen LogP contribution in [-0.2, 0) is 15.5 Å². The predicted molar refractivity (Wildman–Crippen MR) is 61.3 cm³/mol. The van der Waals surface area contributed by atoms with E-state index in [0.29, 0.717) is 11.3 Å². The van der Waals surface area contributed by atoms with Gasteiger partial charge in [0, 0.05) is 16.2 Å². The predicted octanol–water partition coefficient (Wildman–Crippen LogP) is 2.60. The Morgan fingerprint density at radius 2 is 2.06 bits per heavy atom. The summed E-state index contributed by atoms with van der Waals surface area (Å²) in [6.45, 7) is 0. The molecule has 0 fully saturated rings. The molecule has 0 unspecified atom stereocenters. The number of hydrogen-bond donors (Lipinski definition) is 0. The third-order valence-electron chi connectivity index (χ3n) is 1.97. The molecule has 3 nitrogen and oxygen atoms in total. The minimum Gasteiger partial charge on any atom is -0.496 e. The number of methoxy groups -OCH3 is 1. The zero-order valence-electron chi connectivity index (χ0n) is 8.34. The lowest BCUT2D eigenvalue weighted by Crippen LogP contribution is -2.04. The monoisotopic (exact) mass is 286 g/mol. The second-order valence-electron chi connectivity index (χ2n) is 3.04. The molecule has 0 N–H and O–H groups in total. The first-order valence-electron chi connectivity index (χ1n) is 4.28. The van der Waals surface area contributed by atoms with Gasteiger partial charge in [-0.2, -0.15) is 0 Å². The van der Waals surface area contributed by atoms with Crippen molar-refractivity contribution in [3.8, 4) is 5.75 Å². The van der Waals surface area contributed by atoms with Crippen molar-refractivity contribution in [1.29, 1.82) is 0 Å². The third kappa shape index (κ3) is 3.50. The van der Waals surface area contributed by atoms with E-state index in [4.69, 9.17) is 27.0 Å². The lowest BCUT2D eigenvalue weighted by molar-refractivity contribution is 0.409. The summed E-state index contributed by atoms with van der Waals surface area (Å²) in [4.78, 5) is 0. The molecule has 0 radical (unpaired) electrons. The maximum absolute atomic E-state index is 13.1. The highest BCUT2D eigenvalue weighted by atomic mass is 35.7. The third-order valence-corrected chi connectivity index (χ3v) is 3.53. The fraction of sp³-hybridized carbons (Fsp3) is 0.333. The van der Waals surface area contributed by atoms with Crippen LogP contribution in [-0.4, -0.2) is 21.3 Å². The van der Waals surface area contributed by atoms with Gasteiger partial charge in [-0.05, 0) is 18.6 Å². The first-order chi connectivity index (χ1) is 7.35. The molecule has 0 spiro atoms. The van der Waals surface area contributed by atoms with Crippen LogP contribution in [0.1, 0.15) is 5.56 Å². The van der Waals surface area contributed by atoms with Gasteiger partial charge in [0.15, 0.2) is 0 Å². The minimum absolute atomic E-state index is 0.00556. The first kappa shape index (κ1) is 13.5. The van der Waals surface area contributed by atoms with E-state index in [0.717, 1.165) is 6.07 Å². The van der Waals surface area contributed by atoms with Gasteiger partial charge in [0.2, 0.25) is 9.05 Å². The van der Waals surface area contributed by atoms with E-state index in [1.807, 2.05) is 0 Å². The van der Waals surface area contributed by atoms with E-state index in [9.17, 15) is 12.8 Å². The van der Waals surface area contributed by atoms with E-state index in [-0.39, 0.29) is 17.2 Å². The van der Waals surface area contributed by atoms with Gasteiger partial charge in [0.25, 0.3) is 0 Å². The Morgan fingerprint density at radius 3 is 2.56 bits per heavy atom. The molecule has 0 aliphatic heterocycles. The van der Waals surface area contributed by atoms with Gasteiger partial charge < -0.3 is 4.74 Å². The SMILES string of the molecule is COc1ccc(F)c(Cl)c1CCS(=O)(=O)Cl. The lowest BCUT2D eigenvalue weighted by atomic mass is 10.1. The van der Waals surface area contributed by atoms with Crippen molar-refractivity contribution in [2.24, 2.45) is 0 Å². The summed E-state index contributed by atoms with van der Waals surface area (Å²) in [6, 6.07) is 2.54. The van der Waals surface area contributed by atoms with Gasteiger partial charge in [0.1, 0.15) is 11.6 Å². The standard InChI is InChI=1S/C9H9Cl2FO3S/c1-15-8-3-2-7(12)9(10)6(8)4-5-16(11,13)14/h2-3H,4-5H2,1H3. The van der Waals surface area contributed by atoms with Gasteiger partial charge in [-0.1, -0.05) is 11.6 Å². The van der Waals surface area contributed by atoms with E-state index < -0.39 is 14.9 Å². The summed E-state index contributed by atoms with van der Waals surface area (Å²) < 4.78 is 39.7. The number of benzene rings is 1. The average molecular weight is 287 g/mol. The Balaban J connectivity index is 3.06. The molecule has 0 heterocycles. The van der Waals surface area contributed by atoms with Crippen molar-refractivity contribution in [3.63, 3.8) is 0 Å². The van der Waals surface area contributed by atoms with E-state index in [1.165, 1.54) is 13.2 Å². The second-order valence-corrected chi connectivity index (χ2v) is 6.31. The quantitative estimate of drug-likeness (QED) is 0.799. The van der Waals surface area contributed by atoms with Gasteiger partial charge in [-0.3, -0.25) is 0 Å². The molecule has 1 aromatic carbocycles. The fourth-order valence-corrected chi connectivity index (χ4v) is 2.15. The topological polar surface area (TPSA) is 43.4 Å². The van der Waals surface area contributed by atoms with Crippen LogP contribution in [0.15, 0.2) is 12.1 Å². The molecule has 0 bridgehead atoms. The summed E-state index contributed by atoms with van der Waals surface area (Å²) in [7, 11) is 2.82. The van der Waals surface area contributed by atoms with Gasteiger partial charge in [-0.25, -0.2) is 12.8 Å². The largest absolute Gasteiger partial charge is 0.496 e. The maximum atomic E-state index is 13.1. The summed E-state index contributed by atoms with van der Waals surface area (Å²) in [6.07, 6.45) is 0.00556. The van der Waals surface area contributed by atoms with Gasteiger partial charge >= 0.3 is 0 Å². The zero-order valence-corrected chi connectivity index (χ0v) is 10.7. The number of rotatable bonds is 4. The Hall–Kier alpha value is -0.520. The molecule has 0 amide bonds. The summed E-state index contributed by atoms with van der Waals surface area (Å²) >= 11 is 5.71. The Labute approximate surface area is 103 Å². The molecule has 0 aromatic heterocycles. The molecule has 0 atom stereocenters. The van der Waals surface area contributed by atoms with Gasteiger partial charge in [-0.15, -0.1) is 0 Å². The van der Waals surface area contributed by atoms with E-state index >= 15 is 0 Å². The molecule has 0 aliphatic carbocycles. The second kappa shape index (κ2) is 5.21. The molecular weight excluding hydrogens is 278 g/mol. The van der Waals surface area contributed by atoms with Crippen LogP contribution >= 0.6 is 22.3 Å². The Kier molecular flexibility index (Phi) is 4.41. The zero-order chi connectivity index (χ0) is 12.3. The van der Waals surface area contributed by atoms with Crippen LogP contribution in [0, 0.1) is 5.82 Å². The van der Waals surface area contributed by atoms with Crippen molar-refractivity contribution in [3.05, 3.63) is 28.5 Å². The van der Waals surface area contributed by atoms with Crippen molar-refractivity contribution >= 4 is 31.3 Å². The number of ether oxygens (including phenoxy) is 1. The van der Waals surface area contributed by atoms with Crippen LogP contribution in [0.4, 0.5) is 4.39 Å². The Morgan fingerprint density at radius 1 is 1.44 bits per heavy atom. The van der Waals surface area contributed by atoms with Crippen molar-refractivity contribution in [1.82, 2.24) is 0 Å². The van der Waals surface area contributed by atoms with Crippen LogP contribution < -0.4 is 4.74 Å². The molecule has 1 aromatic rings. The van der Waals surface area contributed by atoms with E-state index in [2.05, 4.69) is 0 Å². The van der Waals surface area contributed by atoms with E-state index in [1.54, 1.807) is 0 Å². The molecule has 0 aliphatic rings. The highest BCUT2D eigenvalue weighted by molar-refractivity contribution is 8.13. The van der Waals surface area contributed by atoms with Crippen LogP contribution in [0.3, 0.4) is 0 Å². The number of halogens is 3. The van der Waals surface area contributed by atoms with Crippen molar-refractivity contribution in [2.45, 2.75) is 6.42 Å². The van der Waals surface area contributed by atoms with Crippen LogP contribution in [0.2, 0.25) is 5.02 Å². The van der Waals surface area contributed by atoms with Crippen LogP contribution in [0.5, 0.6) is 5.75 Å². The van der Waals surface area contributed by atoms with Crippen molar-refractivity contribution in [2.75, 3.05) is 12.9 Å². The number of hydrogen-bond acceptors (Lipinski definition) is 3. The van der Waals surface area contributed by atoms with Crippen LogP contribution in [0.25, 0.3) is 0 Å². The highest BCUT2D eigenvalue weighted by Crippen LogP contribution is 2.29. The minimum atomic E-state index is -3.64. The molecular formula is C9H9Cl2FO3S. The molecule has 0 saturated heterocycles. The first-order valence-corrected chi connectivity index (χ1v) is 7.14. The Bertz CT molecular complexity index is 488. The fourth-order valence-electron chi connectivity index (χ4n) is 1.22. The van der Waals surface area contributed by atoms with Crippen molar-refractivity contribution < 1.29 is 17.5 Å².